The van der Waals surface area contributed by atoms with Gasteiger partial charge in [0, 0.05) is 5.70 Å². The molecule has 0 spiro atoms. The van der Waals surface area contributed by atoms with E-state index in [0.29, 0.717) is 36.1 Å². The minimum Gasteiger partial charge on any atom is -0.493 e. The molecule has 1 N–H and O–H groups in total. The van der Waals surface area contributed by atoms with Crippen molar-refractivity contribution in [3.05, 3.63) is 89.1 Å². The van der Waals surface area contributed by atoms with Crippen LogP contribution in [-0.2, 0) is 11.3 Å². The van der Waals surface area contributed by atoms with Crippen LogP contribution in [-0.4, -0.2) is 34.5 Å². The van der Waals surface area contributed by atoms with Gasteiger partial charge in [-0.2, -0.15) is 4.58 Å². The fourth-order valence-electron chi connectivity index (χ4n) is 4.28. The zero-order valence-corrected chi connectivity index (χ0v) is 19.5. The molecule has 2 amide bonds. The van der Waals surface area contributed by atoms with E-state index in [2.05, 4.69) is 36.5 Å². The molecule has 0 radical (unpaired) electrons. The van der Waals surface area contributed by atoms with Crippen molar-refractivity contribution in [2.45, 2.75) is 33.2 Å². The molecule has 1 heterocycles. The van der Waals surface area contributed by atoms with E-state index in [1.165, 1.54) is 5.56 Å². The third kappa shape index (κ3) is 4.49. The Kier molecular flexibility index (Phi) is 5.97. The number of carbonyl (C=O) groups excluding carboxylic acids is 2. The van der Waals surface area contributed by atoms with E-state index in [9.17, 15) is 9.59 Å². The third-order valence-corrected chi connectivity index (χ3v) is 6.24. The van der Waals surface area contributed by atoms with E-state index in [-0.39, 0.29) is 11.8 Å². The number of nitrogens with zero attached hydrogens (tertiary/aromatic N) is 2. The van der Waals surface area contributed by atoms with Crippen LogP contribution in [0.2, 0.25) is 0 Å². The summed E-state index contributed by atoms with van der Waals surface area (Å²) in [6.07, 6.45) is 7.58. The Hall–Kier alpha value is -3.80. The largest absolute Gasteiger partial charge is 0.493 e. The fraction of sp³-hybridized carbons (Fsp3) is 0.286. The highest BCUT2D eigenvalue weighted by Crippen LogP contribution is 2.34. The van der Waals surface area contributed by atoms with Crippen LogP contribution in [0.25, 0.3) is 0 Å². The highest BCUT2D eigenvalue weighted by molar-refractivity contribution is 6.18. The number of hydrogen-bond donors (Lipinski definition) is 1. The van der Waals surface area contributed by atoms with Gasteiger partial charge in [-0.15, -0.1) is 0 Å². The maximum Gasteiger partial charge on any atom is 0.325 e. The number of benzene rings is 2. The molecule has 172 valence electrons. The monoisotopic (exact) mass is 454 g/mol. The number of para-hydroxylation sites is 1. The Labute approximate surface area is 199 Å². The molecule has 1 fully saturated rings. The summed E-state index contributed by atoms with van der Waals surface area (Å²) < 4.78 is 7.42. The van der Waals surface area contributed by atoms with Crippen LogP contribution in [0.1, 0.15) is 41.3 Å². The van der Waals surface area contributed by atoms with Crippen molar-refractivity contribution in [3.8, 4) is 5.75 Å². The number of aryl methyl sites for hydroxylation is 1. The number of aliphatic imine (C=N–C) groups is 1. The molecule has 1 atom stereocenters. The molecule has 0 bridgehead atoms. The molecule has 0 aromatic heterocycles. The number of amides is 2. The molecule has 6 heteroatoms. The molecule has 1 saturated carbocycles. The van der Waals surface area contributed by atoms with Gasteiger partial charge in [-0.1, -0.05) is 42.0 Å². The first kappa shape index (κ1) is 22.0. The van der Waals surface area contributed by atoms with Crippen LogP contribution in [0.15, 0.2) is 77.4 Å². The molecule has 3 aliphatic rings. The van der Waals surface area contributed by atoms with Crippen molar-refractivity contribution in [1.82, 2.24) is 5.32 Å². The highest BCUT2D eigenvalue weighted by atomic mass is 16.5. The quantitative estimate of drug-likeness (QED) is 0.638. The van der Waals surface area contributed by atoms with Gasteiger partial charge in [0.15, 0.2) is 5.71 Å². The van der Waals surface area contributed by atoms with E-state index in [0.717, 1.165) is 30.0 Å². The second-order valence-corrected chi connectivity index (χ2v) is 8.90. The number of fused-ring (bicyclic) bond motifs is 1. The molecule has 34 heavy (non-hydrogen) atoms. The molecule has 2 aromatic rings. The molecule has 5 rings (SSSR count). The van der Waals surface area contributed by atoms with Gasteiger partial charge in [-0.25, -0.2) is 4.79 Å². The van der Waals surface area contributed by atoms with Crippen molar-refractivity contribution in [2.75, 3.05) is 6.61 Å². The molecular formula is C28H28N3O3+. The van der Waals surface area contributed by atoms with Gasteiger partial charge >= 0.3 is 11.7 Å². The van der Waals surface area contributed by atoms with Gasteiger partial charge in [0.25, 0.3) is 5.91 Å². The molecule has 2 aliphatic carbocycles. The SMILES string of the molecule is CCOc1ccccc1C(=O)NC1=CC2C(=O)[N+](Cc3ccc(C)cc3)=C(C3CC3)N=C2C=C1. The number of allylic oxidation sites excluding steroid dienone is 2. The zero-order valence-electron chi connectivity index (χ0n) is 19.5. The molecule has 2 aromatic carbocycles. The lowest BCUT2D eigenvalue weighted by Gasteiger charge is -2.21. The van der Waals surface area contributed by atoms with Crippen LogP contribution < -0.4 is 10.1 Å². The summed E-state index contributed by atoms with van der Waals surface area (Å²) in [7, 11) is 0. The Morgan fingerprint density at radius 2 is 1.88 bits per heavy atom. The Bertz CT molecular complexity index is 1260. The normalized spacial score (nSPS) is 19.4. The second-order valence-electron chi connectivity index (χ2n) is 8.90. The van der Waals surface area contributed by atoms with Crippen LogP contribution >= 0.6 is 0 Å². The van der Waals surface area contributed by atoms with Gasteiger partial charge < -0.3 is 10.1 Å². The lowest BCUT2D eigenvalue weighted by molar-refractivity contribution is -0.469. The van der Waals surface area contributed by atoms with Gasteiger partial charge in [0.1, 0.15) is 18.2 Å². The first-order valence-corrected chi connectivity index (χ1v) is 11.8. The second kappa shape index (κ2) is 9.21. The Morgan fingerprint density at radius 3 is 2.62 bits per heavy atom. The van der Waals surface area contributed by atoms with Crippen molar-refractivity contribution in [3.63, 3.8) is 0 Å². The zero-order chi connectivity index (χ0) is 23.7. The minimum absolute atomic E-state index is 0.00158. The van der Waals surface area contributed by atoms with Crippen LogP contribution in [0.5, 0.6) is 5.75 Å². The third-order valence-electron chi connectivity index (χ3n) is 6.24. The van der Waals surface area contributed by atoms with E-state index in [1.54, 1.807) is 24.3 Å². The van der Waals surface area contributed by atoms with Gasteiger partial charge in [0.2, 0.25) is 0 Å². The van der Waals surface area contributed by atoms with E-state index in [4.69, 9.17) is 9.73 Å². The number of hydrogen-bond acceptors (Lipinski definition) is 4. The molecule has 0 saturated heterocycles. The predicted octanol–water partition coefficient (Wildman–Crippen LogP) is 4.20. The van der Waals surface area contributed by atoms with E-state index >= 15 is 0 Å². The number of nitrogens with one attached hydrogen (secondary N) is 1. The molecule has 1 unspecified atom stereocenters. The average molecular weight is 455 g/mol. The van der Waals surface area contributed by atoms with Crippen molar-refractivity contribution < 1.29 is 18.9 Å². The van der Waals surface area contributed by atoms with Crippen LogP contribution in [0.4, 0.5) is 0 Å². The van der Waals surface area contributed by atoms with Crippen molar-refractivity contribution in [2.24, 2.45) is 16.8 Å². The lowest BCUT2D eigenvalue weighted by atomic mass is 9.93. The summed E-state index contributed by atoms with van der Waals surface area (Å²) in [6.45, 7) is 4.90. The predicted molar refractivity (Wildman–Crippen MR) is 131 cm³/mol. The minimum atomic E-state index is -0.518. The lowest BCUT2D eigenvalue weighted by Crippen LogP contribution is -2.41. The Morgan fingerprint density at radius 1 is 1.12 bits per heavy atom. The number of amidine groups is 1. The topological polar surface area (TPSA) is 70.8 Å². The highest BCUT2D eigenvalue weighted by Gasteiger charge is 2.45. The van der Waals surface area contributed by atoms with Crippen molar-refractivity contribution in [1.29, 1.82) is 0 Å². The first-order chi connectivity index (χ1) is 16.5. The molecular weight excluding hydrogens is 426 g/mol. The summed E-state index contributed by atoms with van der Waals surface area (Å²) in [5, 5.41) is 2.93. The maximum absolute atomic E-state index is 13.6. The smallest absolute Gasteiger partial charge is 0.325 e. The van der Waals surface area contributed by atoms with Gasteiger partial charge in [-0.3, -0.25) is 4.79 Å². The van der Waals surface area contributed by atoms with E-state index < -0.39 is 5.92 Å². The van der Waals surface area contributed by atoms with Crippen molar-refractivity contribution >= 4 is 23.4 Å². The molecule has 1 aliphatic heterocycles. The summed E-state index contributed by atoms with van der Waals surface area (Å²) in [4.78, 5) is 31.5. The van der Waals surface area contributed by atoms with Gasteiger partial charge in [-0.05, 0) is 67.6 Å². The summed E-state index contributed by atoms with van der Waals surface area (Å²) in [5.74, 6) is 0.954. The van der Waals surface area contributed by atoms with Crippen LogP contribution in [0.3, 0.4) is 0 Å². The van der Waals surface area contributed by atoms with Gasteiger partial charge in [0.05, 0.1) is 18.1 Å². The fourth-order valence-corrected chi connectivity index (χ4v) is 4.28. The number of carbonyl (C=O) groups is 2. The summed E-state index contributed by atoms with van der Waals surface area (Å²) in [6, 6.07) is 15.4. The first-order valence-electron chi connectivity index (χ1n) is 11.8. The summed E-state index contributed by atoms with van der Waals surface area (Å²) in [5.41, 5.74) is 4.04. The average Bonchev–Trinajstić information content (AvgIpc) is 3.68. The Balaban J connectivity index is 1.40. The number of rotatable bonds is 7. The molecule has 6 nitrogen and oxygen atoms in total. The summed E-state index contributed by atoms with van der Waals surface area (Å²) >= 11 is 0. The standard InChI is InChI=1S/C28H27N3O3/c1-3-34-25-7-5-4-6-22(25)27(32)29-21-14-15-24-23(16-21)28(33)31(26(30-24)20-12-13-20)17-19-10-8-18(2)9-11-19/h4-11,14-16,20,23H,3,12-13,17H2,1-2H3/p+1. The van der Waals surface area contributed by atoms with Crippen LogP contribution in [0, 0.1) is 18.8 Å². The van der Waals surface area contributed by atoms with E-state index in [1.807, 2.05) is 29.7 Å². The number of ether oxygens (including phenoxy) is 1. The maximum atomic E-state index is 13.6.